The standard InChI is InChI=1S/C17H27BrN2O/c1-3-15(19)16(13-5-7-14(18)8-6-13)20-11-4-9-17(2,21)10-12-20/h5-8,15-16,21H,3-4,9-12,19H2,1-2H3. The molecule has 4 heteroatoms. The molecule has 3 N–H and O–H groups in total. The summed E-state index contributed by atoms with van der Waals surface area (Å²) in [6.07, 6.45) is 3.67. The fourth-order valence-electron chi connectivity index (χ4n) is 3.17. The molecule has 21 heavy (non-hydrogen) atoms. The molecule has 0 aliphatic carbocycles. The lowest BCUT2D eigenvalue weighted by Gasteiger charge is -2.35. The van der Waals surface area contributed by atoms with Crippen molar-refractivity contribution in [3.8, 4) is 0 Å². The monoisotopic (exact) mass is 354 g/mol. The smallest absolute Gasteiger partial charge is 0.0632 e. The summed E-state index contributed by atoms with van der Waals surface area (Å²) in [7, 11) is 0. The molecule has 1 aliphatic heterocycles. The molecule has 1 fully saturated rings. The molecule has 0 aromatic heterocycles. The Hall–Kier alpha value is -0.420. The molecule has 1 saturated heterocycles. The second kappa shape index (κ2) is 7.23. The van der Waals surface area contributed by atoms with Crippen LogP contribution in [0.15, 0.2) is 28.7 Å². The van der Waals surface area contributed by atoms with E-state index in [4.69, 9.17) is 5.73 Å². The Kier molecular flexibility index (Phi) is 5.83. The predicted molar refractivity (Wildman–Crippen MR) is 91.2 cm³/mol. The maximum atomic E-state index is 10.3. The van der Waals surface area contributed by atoms with E-state index in [-0.39, 0.29) is 12.1 Å². The summed E-state index contributed by atoms with van der Waals surface area (Å²) in [5.74, 6) is 0. The summed E-state index contributed by atoms with van der Waals surface area (Å²) in [5.41, 5.74) is 7.16. The van der Waals surface area contributed by atoms with Gasteiger partial charge in [0.05, 0.1) is 5.60 Å². The summed E-state index contributed by atoms with van der Waals surface area (Å²) in [6.45, 7) is 6.00. The zero-order chi connectivity index (χ0) is 15.5. The summed E-state index contributed by atoms with van der Waals surface area (Å²) >= 11 is 3.49. The molecule has 3 atom stereocenters. The molecule has 3 nitrogen and oxygen atoms in total. The number of nitrogens with two attached hydrogens (primary N) is 1. The zero-order valence-corrected chi connectivity index (χ0v) is 14.6. The van der Waals surface area contributed by atoms with Crippen molar-refractivity contribution in [1.82, 2.24) is 4.90 Å². The van der Waals surface area contributed by atoms with Gasteiger partial charge in [0, 0.05) is 23.1 Å². The molecule has 0 spiro atoms. The Bertz CT molecular complexity index is 447. The highest BCUT2D eigenvalue weighted by Crippen LogP contribution is 2.31. The number of halogens is 1. The molecule has 1 heterocycles. The van der Waals surface area contributed by atoms with E-state index in [0.717, 1.165) is 43.2 Å². The molecule has 0 saturated carbocycles. The highest BCUT2D eigenvalue weighted by molar-refractivity contribution is 9.10. The lowest BCUT2D eigenvalue weighted by atomic mass is 9.95. The van der Waals surface area contributed by atoms with Gasteiger partial charge in [-0.25, -0.2) is 0 Å². The second-order valence-electron chi connectivity index (χ2n) is 6.45. The minimum absolute atomic E-state index is 0.120. The average Bonchev–Trinajstić information content (AvgIpc) is 2.62. The molecule has 2 rings (SSSR count). The molecule has 1 aliphatic rings. The molecular formula is C17H27BrN2O. The number of likely N-dealkylation sites (tertiary alicyclic amines) is 1. The van der Waals surface area contributed by atoms with E-state index in [2.05, 4.69) is 52.0 Å². The molecule has 3 unspecified atom stereocenters. The van der Waals surface area contributed by atoms with E-state index < -0.39 is 5.60 Å². The van der Waals surface area contributed by atoms with Gasteiger partial charge in [0.15, 0.2) is 0 Å². The van der Waals surface area contributed by atoms with Crippen LogP contribution in [-0.4, -0.2) is 34.7 Å². The maximum absolute atomic E-state index is 10.3. The molecule has 118 valence electrons. The fourth-order valence-corrected chi connectivity index (χ4v) is 3.44. The number of nitrogens with zero attached hydrogens (tertiary/aromatic N) is 1. The quantitative estimate of drug-likeness (QED) is 0.870. The Balaban J connectivity index is 2.21. The first-order chi connectivity index (χ1) is 9.93. The van der Waals surface area contributed by atoms with Crippen LogP contribution in [0.5, 0.6) is 0 Å². The van der Waals surface area contributed by atoms with E-state index in [9.17, 15) is 5.11 Å². The minimum atomic E-state index is -0.532. The molecule has 1 aromatic carbocycles. The minimum Gasteiger partial charge on any atom is -0.390 e. The second-order valence-corrected chi connectivity index (χ2v) is 7.37. The molecule has 0 bridgehead atoms. The summed E-state index contributed by atoms with van der Waals surface area (Å²) in [6, 6.07) is 8.84. The fraction of sp³-hybridized carbons (Fsp3) is 0.647. The lowest BCUT2D eigenvalue weighted by molar-refractivity contribution is 0.0422. The van der Waals surface area contributed by atoms with Gasteiger partial charge < -0.3 is 10.8 Å². The van der Waals surface area contributed by atoms with Crippen LogP contribution in [0.25, 0.3) is 0 Å². The van der Waals surface area contributed by atoms with Crippen LogP contribution in [0.2, 0.25) is 0 Å². The first-order valence-electron chi connectivity index (χ1n) is 7.90. The van der Waals surface area contributed by atoms with E-state index in [1.54, 1.807) is 0 Å². The van der Waals surface area contributed by atoms with Crippen molar-refractivity contribution < 1.29 is 5.11 Å². The van der Waals surface area contributed by atoms with Crippen molar-refractivity contribution >= 4 is 15.9 Å². The van der Waals surface area contributed by atoms with Crippen molar-refractivity contribution in [2.75, 3.05) is 13.1 Å². The van der Waals surface area contributed by atoms with Crippen LogP contribution in [0.3, 0.4) is 0 Å². The van der Waals surface area contributed by atoms with Crippen LogP contribution in [0.4, 0.5) is 0 Å². The Morgan fingerprint density at radius 1 is 1.29 bits per heavy atom. The van der Waals surface area contributed by atoms with Gasteiger partial charge in [-0.3, -0.25) is 4.90 Å². The van der Waals surface area contributed by atoms with Gasteiger partial charge in [-0.2, -0.15) is 0 Å². The van der Waals surface area contributed by atoms with E-state index in [0.29, 0.717) is 0 Å². The lowest BCUT2D eigenvalue weighted by Crippen LogP contribution is -2.41. The maximum Gasteiger partial charge on any atom is 0.0632 e. The van der Waals surface area contributed by atoms with Gasteiger partial charge in [0.1, 0.15) is 0 Å². The summed E-state index contributed by atoms with van der Waals surface area (Å²) < 4.78 is 1.09. The van der Waals surface area contributed by atoms with E-state index >= 15 is 0 Å². The van der Waals surface area contributed by atoms with E-state index in [1.165, 1.54) is 5.56 Å². The third kappa shape index (κ3) is 4.52. The summed E-state index contributed by atoms with van der Waals surface area (Å²) in [5, 5.41) is 10.3. The normalized spacial score (nSPS) is 27.1. The van der Waals surface area contributed by atoms with Crippen LogP contribution < -0.4 is 5.73 Å². The third-order valence-electron chi connectivity index (χ3n) is 4.58. The highest BCUT2D eigenvalue weighted by atomic mass is 79.9. The van der Waals surface area contributed by atoms with Crippen molar-refractivity contribution in [2.24, 2.45) is 5.73 Å². The number of hydrogen-bond donors (Lipinski definition) is 2. The number of rotatable bonds is 4. The van der Waals surface area contributed by atoms with Gasteiger partial charge in [0.2, 0.25) is 0 Å². The number of aliphatic hydroxyl groups is 1. The van der Waals surface area contributed by atoms with Crippen molar-refractivity contribution in [2.45, 2.75) is 57.2 Å². The van der Waals surface area contributed by atoms with Gasteiger partial charge >= 0.3 is 0 Å². The Labute approximate surface area is 136 Å². The number of hydrogen-bond acceptors (Lipinski definition) is 3. The van der Waals surface area contributed by atoms with Gasteiger partial charge in [0.25, 0.3) is 0 Å². The van der Waals surface area contributed by atoms with E-state index in [1.807, 2.05) is 6.92 Å². The highest BCUT2D eigenvalue weighted by Gasteiger charge is 2.31. The average molecular weight is 355 g/mol. The Morgan fingerprint density at radius 3 is 2.57 bits per heavy atom. The van der Waals surface area contributed by atoms with Crippen LogP contribution in [0, 0.1) is 0 Å². The van der Waals surface area contributed by atoms with Gasteiger partial charge in [-0.15, -0.1) is 0 Å². The van der Waals surface area contributed by atoms with Crippen LogP contribution in [-0.2, 0) is 0 Å². The first-order valence-corrected chi connectivity index (χ1v) is 8.70. The summed E-state index contributed by atoms with van der Waals surface area (Å²) in [4.78, 5) is 2.46. The zero-order valence-electron chi connectivity index (χ0n) is 13.1. The van der Waals surface area contributed by atoms with Crippen LogP contribution in [0.1, 0.15) is 51.1 Å². The molecule has 0 radical (unpaired) electrons. The largest absolute Gasteiger partial charge is 0.390 e. The van der Waals surface area contributed by atoms with Gasteiger partial charge in [-0.1, -0.05) is 35.0 Å². The Morgan fingerprint density at radius 2 is 1.95 bits per heavy atom. The van der Waals surface area contributed by atoms with Crippen molar-refractivity contribution in [3.05, 3.63) is 34.3 Å². The van der Waals surface area contributed by atoms with Crippen molar-refractivity contribution in [3.63, 3.8) is 0 Å². The SMILES string of the molecule is CCC(N)C(c1ccc(Br)cc1)N1CCCC(C)(O)CC1. The molecule has 0 amide bonds. The predicted octanol–water partition coefficient (Wildman–Crippen LogP) is 3.46. The van der Waals surface area contributed by atoms with Crippen LogP contribution >= 0.6 is 15.9 Å². The molecule has 1 aromatic rings. The number of benzene rings is 1. The van der Waals surface area contributed by atoms with Crippen molar-refractivity contribution in [1.29, 1.82) is 0 Å². The molecular weight excluding hydrogens is 328 g/mol. The first kappa shape index (κ1) is 16.9. The van der Waals surface area contributed by atoms with Gasteiger partial charge in [-0.05, 0) is 56.8 Å². The topological polar surface area (TPSA) is 49.5 Å². The third-order valence-corrected chi connectivity index (χ3v) is 5.11.